The number of rotatable bonds is 6. The highest BCUT2D eigenvalue weighted by Gasteiger charge is 2.27. The summed E-state index contributed by atoms with van der Waals surface area (Å²) in [6.07, 6.45) is -0.344. The van der Waals surface area contributed by atoms with Gasteiger partial charge in [0.2, 0.25) is 5.91 Å². The van der Waals surface area contributed by atoms with Crippen LogP contribution in [-0.2, 0) is 17.9 Å². The van der Waals surface area contributed by atoms with E-state index in [0.29, 0.717) is 18.8 Å². The molecule has 5 nitrogen and oxygen atoms in total. The topological polar surface area (TPSA) is 50.8 Å². The number of hydrogen-bond donors (Lipinski definition) is 1. The van der Waals surface area contributed by atoms with Gasteiger partial charge in [0.1, 0.15) is 17.6 Å². The Balaban J connectivity index is 1.51. The smallest absolute Gasteiger partial charge is 0.234 e. The maximum absolute atomic E-state index is 13.9. The molecule has 32 heavy (non-hydrogen) atoms. The van der Waals surface area contributed by atoms with Crippen molar-refractivity contribution in [2.75, 3.05) is 20.2 Å². The quantitative estimate of drug-likeness (QED) is 0.626. The molecule has 3 aromatic rings. The summed E-state index contributed by atoms with van der Waals surface area (Å²) in [5.74, 6) is -0.693. The lowest BCUT2D eigenvalue weighted by atomic mass is 10.1. The molecule has 0 saturated carbocycles. The number of ether oxygens (including phenoxy) is 2. The lowest BCUT2D eigenvalue weighted by Gasteiger charge is -2.24. The number of methoxy groups -OCH3 is 1. The molecule has 0 spiro atoms. The first-order valence-corrected chi connectivity index (χ1v) is 10.3. The lowest BCUT2D eigenvalue weighted by Crippen LogP contribution is -2.38. The van der Waals surface area contributed by atoms with Crippen LogP contribution < -0.4 is 14.8 Å². The third kappa shape index (κ3) is 4.89. The van der Waals surface area contributed by atoms with Crippen molar-refractivity contribution in [1.29, 1.82) is 0 Å². The number of hydrogen-bond acceptors (Lipinski definition) is 4. The van der Waals surface area contributed by atoms with E-state index in [1.54, 1.807) is 7.11 Å². The average Bonchev–Trinajstić information content (AvgIpc) is 2.99. The third-order valence-electron chi connectivity index (χ3n) is 5.42. The van der Waals surface area contributed by atoms with Gasteiger partial charge in [-0.05, 0) is 18.2 Å². The normalized spacial score (nSPS) is 15.9. The minimum Gasteiger partial charge on any atom is -0.496 e. The number of carbonyl (C=O) groups is 1. The summed E-state index contributed by atoms with van der Waals surface area (Å²) in [5.41, 5.74) is 1.96. The van der Waals surface area contributed by atoms with E-state index in [1.165, 1.54) is 12.1 Å². The summed E-state index contributed by atoms with van der Waals surface area (Å²) in [6.45, 7) is 0.972. The van der Waals surface area contributed by atoms with Crippen molar-refractivity contribution in [1.82, 2.24) is 10.2 Å². The number of nitrogens with zero attached hydrogens (tertiary/aromatic N) is 1. The first-order chi connectivity index (χ1) is 15.5. The van der Waals surface area contributed by atoms with Crippen molar-refractivity contribution < 1.29 is 23.0 Å². The number of carbonyl (C=O) groups excluding carboxylic acids is 1. The molecule has 1 heterocycles. The van der Waals surface area contributed by atoms with Crippen LogP contribution in [0.2, 0.25) is 0 Å². The third-order valence-corrected chi connectivity index (χ3v) is 5.42. The van der Waals surface area contributed by atoms with Gasteiger partial charge in [0, 0.05) is 36.3 Å². The Morgan fingerprint density at radius 1 is 1.09 bits per heavy atom. The Bertz CT molecular complexity index is 1110. The van der Waals surface area contributed by atoms with Gasteiger partial charge in [-0.15, -0.1) is 0 Å². The van der Waals surface area contributed by atoms with E-state index in [4.69, 9.17) is 9.47 Å². The molecule has 1 atom stereocenters. The largest absolute Gasteiger partial charge is 0.496 e. The summed E-state index contributed by atoms with van der Waals surface area (Å²) in [6, 6.07) is 19.3. The molecule has 0 radical (unpaired) electrons. The molecule has 4 rings (SSSR count). The zero-order valence-electron chi connectivity index (χ0n) is 17.7. The molecule has 3 aromatic carbocycles. The molecule has 1 amide bonds. The van der Waals surface area contributed by atoms with E-state index in [1.807, 2.05) is 53.4 Å². The van der Waals surface area contributed by atoms with Gasteiger partial charge in [0.15, 0.2) is 11.6 Å². The van der Waals surface area contributed by atoms with Crippen LogP contribution in [0.5, 0.6) is 11.5 Å². The molecule has 0 aromatic heterocycles. The number of halogens is 2. The minimum absolute atomic E-state index is 0.0836. The fourth-order valence-corrected chi connectivity index (χ4v) is 3.83. The maximum Gasteiger partial charge on any atom is 0.234 e. The van der Waals surface area contributed by atoms with E-state index in [-0.39, 0.29) is 30.7 Å². The van der Waals surface area contributed by atoms with Gasteiger partial charge in [-0.3, -0.25) is 9.69 Å². The zero-order chi connectivity index (χ0) is 22.5. The molecule has 0 unspecified atom stereocenters. The number of fused-ring (bicyclic) bond motifs is 1. The number of para-hydroxylation sites is 2. The molecule has 1 aliphatic heterocycles. The van der Waals surface area contributed by atoms with Crippen molar-refractivity contribution in [2.45, 2.75) is 19.2 Å². The molecular formula is C25H24F2N2O3. The van der Waals surface area contributed by atoms with E-state index in [2.05, 4.69) is 5.32 Å². The molecule has 7 heteroatoms. The first kappa shape index (κ1) is 21.8. The summed E-state index contributed by atoms with van der Waals surface area (Å²) >= 11 is 0. The Morgan fingerprint density at radius 3 is 2.72 bits per heavy atom. The number of benzene rings is 3. The van der Waals surface area contributed by atoms with E-state index in [0.717, 1.165) is 22.9 Å². The second kappa shape index (κ2) is 9.78. The van der Waals surface area contributed by atoms with Crippen LogP contribution in [0.15, 0.2) is 66.7 Å². The molecule has 1 aliphatic rings. The molecule has 0 fully saturated rings. The lowest BCUT2D eigenvalue weighted by molar-refractivity contribution is -0.122. The van der Waals surface area contributed by atoms with Gasteiger partial charge in [-0.1, -0.05) is 48.5 Å². The maximum atomic E-state index is 13.9. The SMILES string of the molecule is COc1ccccc1[C@H]1CN(CC(=O)NCc2cccc(F)c2F)Cc2ccccc2O1. The highest BCUT2D eigenvalue weighted by atomic mass is 19.2. The van der Waals surface area contributed by atoms with Gasteiger partial charge in [0.25, 0.3) is 0 Å². The molecular weight excluding hydrogens is 414 g/mol. The van der Waals surface area contributed by atoms with Crippen LogP contribution >= 0.6 is 0 Å². The fraction of sp³-hybridized carbons (Fsp3) is 0.240. The Hall–Kier alpha value is -3.45. The Labute approximate surface area is 185 Å². The highest BCUT2D eigenvalue weighted by Crippen LogP contribution is 2.34. The highest BCUT2D eigenvalue weighted by molar-refractivity contribution is 5.78. The molecule has 1 N–H and O–H groups in total. The zero-order valence-corrected chi connectivity index (χ0v) is 17.7. The summed E-state index contributed by atoms with van der Waals surface area (Å²) in [7, 11) is 1.61. The van der Waals surface area contributed by atoms with E-state index >= 15 is 0 Å². The molecule has 0 saturated heterocycles. The van der Waals surface area contributed by atoms with Crippen molar-refractivity contribution in [2.24, 2.45) is 0 Å². The fourth-order valence-electron chi connectivity index (χ4n) is 3.83. The van der Waals surface area contributed by atoms with E-state index < -0.39 is 11.6 Å². The first-order valence-electron chi connectivity index (χ1n) is 10.3. The number of amides is 1. The van der Waals surface area contributed by atoms with Gasteiger partial charge in [0.05, 0.1) is 13.7 Å². The van der Waals surface area contributed by atoms with Crippen LogP contribution in [0.3, 0.4) is 0 Å². The summed E-state index contributed by atoms with van der Waals surface area (Å²) in [4.78, 5) is 14.6. The molecule has 0 bridgehead atoms. The predicted octanol–water partition coefficient (Wildman–Crippen LogP) is 4.23. The van der Waals surface area contributed by atoms with Gasteiger partial charge < -0.3 is 14.8 Å². The van der Waals surface area contributed by atoms with Crippen LogP contribution in [0.25, 0.3) is 0 Å². The van der Waals surface area contributed by atoms with Crippen LogP contribution in [0, 0.1) is 11.6 Å². The monoisotopic (exact) mass is 438 g/mol. The van der Waals surface area contributed by atoms with Gasteiger partial charge in [-0.25, -0.2) is 8.78 Å². The standard InChI is InChI=1S/C25H24F2N2O3/c1-31-22-12-5-3-9-19(22)23-15-29(14-18-7-2-4-11-21(18)32-23)16-24(30)28-13-17-8-6-10-20(26)25(17)27/h2-12,23H,13-16H2,1H3,(H,28,30)/t23-/m1/s1. The van der Waals surface area contributed by atoms with Crippen molar-refractivity contribution in [3.8, 4) is 11.5 Å². The van der Waals surface area contributed by atoms with Crippen molar-refractivity contribution in [3.63, 3.8) is 0 Å². The van der Waals surface area contributed by atoms with E-state index in [9.17, 15) is 13.6 Å². The second-order valence-electron chi connectivity index (χ2n) is 7.62. The van der Waals surface area contributed by atoms with Crippen molar-refractivity contribution in [3.05, 3.63) is 95.1 Å². The number of nitrogens with one attached hydrogen (secondary N) is 1. The van der Waals surface area contributed by atoms with Crippen LogP contribution in [-0.4, -0.2) is 31.0 Å². The van der Waals surface area contributed by atoms with Crippen molar-refractivity contribution >= 4 is 5.91 Å². The molecule has 0 aliphatic carbocycles. The Kier molecular flexibility index (Phi) is 6.66. The minimum atomic E-state index is -0.943. The van der Waals surface area contributed by atoms with Crippen LogP contribution in [0.1, 0.15) is 22.8 Å². The molecule has 166 valence electrons. The summed E-state index contributed by atoms with van der Waals surface area (Å²) in [5, 5.41) is 2.68. The summed E-state index contributed by atoms with van der Waals surface area (Å²) < 4.78 is 39.1. The Morgan fingerprint density at radius 2 is 1.88 bits per heavy atom. The average molecular weight is 438 g/mol. The van der Waals surface area contributed by atoms with Gasteiger partial charge >= 0.3 is 0 Å². The van der Waals surface area contributed by atoms with Crippen LogP contribution in [0.4, 0.5) is 8.78 Å². The second-order valence-corrected chi connectivity index (χ2v) is 7.62. The van der Waals surface area contributed by atoms with Gasteiger partial charge in [-0.2, -0.15) is 0 Å². The predicted molar refractivity (Wildman–Crippen MR) is 116 cm³/mol.